The molecule has 0 atom stereocenters. The Hall–Kier alpha value is -2.27. The summed E-state index contributed by atoms with van der Waals surface area (Å²) < 4.78 is 0. The Morgan fingerprint density at radius 2 is 2.16 bits per heavy atom. The van der Waals surface area contributed by atoms with E-state index < -0.39 is 0 Å². The van der Waals surface area contributed by atoms with Crippen molar-refractivity contribution in [2.75, 3.05) is 13.1 Å². The summed E-state index contributed by atoms with van der Waals surface area (Å²) in [6.45, 7) is 1.07. The summed E-state index contributed by atoms with van der Waals surface area (Å²) in [6, 6.07) is 7.02. The van der Waals surface area contributed by atoms with Crippen molar-refractivity contribution in [3.63, 3.8) is 0 Å². The molecule has 0 fully saturated rings. The van der Waals surface area contributed by atoms with E-state index in [9.17, 15) is 0 Å². The first-order valence-corrected chi connectivity index (χ1v) is 5.76. The van der Waals surface area contributed by atoms with Gasteiger partial charge < -0.3 is 11.5 Å². The molecular weight excluding hydrogens is 260 g/mol. The molecule has 98 valence electrons. The zero-order valence-electron chi connectivity index (χ0n) is 10.4. The standard InChI is InChI=1S/C12H13ClN4.C2H2/c13-11-7-9(1-2-10(11)8-15)12(16)3-5-17-6-4-14;1-2/h1-3,5,7H,4,6,14,16H2;1-2H/b12-3-,17-5?;. The predicted molar refractivity (Wildman–Crippen MR) is 80.6 cm³/mol. The zero-order valence-corrected chi connectivity index (χ0v) is 11.1. The van der Waals surface area contributed by atoms with E-state index in [1.807, 2.05) is 6.07 Å². The highest BCUT2D eigenvalue weighted by molar-refractivity contribution is 6.31. The first-order chi connectivity index (χ1) is 9.19. The van der Waals surface area contributed by atoms with Crippen LogP contribution in [0.5, 0.6) is 0 Å². The molecule has 4 nitrogen and oxygen atoms in total. The van der Waals surface area contributed by atoms with Crippen LogP contribution in [0, 0.1) is 24.2 Å². The molecule has 0 spiro atoms. The number of nitrogens with zero attached hydrogens (tertiary/aromatic N) is 2. The Labute approximate surface area is 118 Å². The monoisotopic (exact) mass is 274 g/mol. The van der Waals surface area contributed by atoms with Gasteiger partial charge in [0.1, 0.15) is 6.07 Å². The topological polar surface area (TPSA) is 88.2 Å². The van der Waals surface area contributed by atoms with Crippen LogP contribution in [0.1, 0.15) is 11.1 Å². The van der Waals surface area contributed by atoms with Crippen molar-refractivity contribution in [2.24, 2.45) is 16.5 Å². The number of nitriles is 1. The van der Waals surface area contributed by atoms with Crippen molar-refractivity contribution in [1.82, 2.24) is 0 Å². The Bertz CT molecular complexity index is 524. The number of terminal acetylenes is 1. The minimum Gasteiger partial charge on any atom is -0.398 e. The summed E-state index contributed by atoms with van der Waals surface area (Å²) in [5.41, 5.74) is 12.9. The molecule has 19 heavy (non-hydrogen) atoms. The third kappa shape index (κ3) is 5.74. The maximum Gasteiger partial charge on any atom is 0.101 e. The molecule has 0 aliphatic carbocycles. The van der Waals surface area contributed by atoms with Crippen molar-refractivity contribution in [3.8, 4) is 18.9 Å². The van der Waals surface area contributed by atoms with Crippen molar-refractivity contribution in [2.45, 2.75) is 0 Å². The SMILES string of the molecule is C#C.N#Cc1ccc(/C(N)=C/C=NCCN)cc1Cl. The molecule has 4 N–H and O–H groups in total. The van der Waals surface area contributed by atoms with E-state index in [4.69, 9.17) is 28.3 Å². The first kappa shape index (κ1) is 16.7. The summed E-state index contributed by atoms with van der Waals surface area (Å²) in [5.74, 6) is 0. The van der Waals surface area contributed by atoms with Crippen LogP contribution in [-0.4, -0.2) is 19.3 Å². The lowest BCUT2D eigenvalue weighted by Crippen LogP contribution is -2.02. The Kier molecular flexibility index (Phi) is 8.57. The molecule has 5 heteroatoms. The second-order valence-corrected chi connectivity index (χ2v) is 3.68. The van der Waals surface area contributed by atoms with Crippen LogP contribution in [0.4, 0.5) is 0 Å². The van der Waals surface area contributed by atoms with Gasteiger partial charge in [-0.25, -0.2) is 0 Å². The zero-order chi connectivity index (χ0) is 14.7. The molecule has 0 saturated carbocycles. The quantitative estimate of drug-likeness (QED) is 0.648. The van der Waals surface area contributed by atoms with Gasteiger partial charge in [-0.05, 0) is 23.8 Å². The van der Waals surface area contributed by atoms with Gasteiger partial charge in [0.25, 0.3) is 0 Å². The lowest BCUT2D eigenvalue weighted by Gasteiger charge is -2.02. The Morgan fingerprint density at radius 1 is 1.47 bits per heavy atom. The van der Waals surface area contributed by atoms with Crippen LogP contribution in [0.15, 0.2) is 29.3 Å². The number of allylic oxidation sites excluding steroid dienone is 1. The Balaban J connectivity index is 0.00000154. The maximum absolute atomic E-state index is 8.74. The molecule has 0 saturated heterocycles. The fourth-order valence-electron chi connectivity index (χ4n) is 1.16. The highest BCUT2D eigenvalue weighted by Crippen LogP contribution is 2.19. The van der Waals surface area contributed by atoms with Crippen LogP contribution in [0.2, 0.25) is 5.02 Å². The molecule has 0 unspecified atom stereocenters. The maximum atomic E-state index is 8.74. The normalized spacial score (nSPS) is 10.6. The summed E-state index contributed by atoms with van der Waals surface area (Å²) in [6.07, 6.45) is 11.3. The number of halogens is 1. The van der Waals surface area contributed by atoms with Crippen LogP contribution < -0.4 is 11.5 Å². The summed E-state index contributed by atoms with van der Waals surface area (Å²) >= 11 is 5.90. The van der Waals surface area contributed by atoms with Gasteiger partial charge in [0.15, 0.2) is 0 Å². The van der Waals surface area contributed by atoms with E-state index in [2.05, 4.69) is 17.8 Å². The summed E-state index contributed by atoms with van der Waals surface area (Å²) in [5, 5.41) is 9.12. The van der Waals surface area contributed by atoms with E-state index in [0.29, 0.717) is 29.4 Å². The minimum absolute atomic E-state index is 0.389. The van der Waals surface area contributed by atoms with Gasteiger partial charge in [0.2, 0.25) is 0 Å². The van der Waals surface area contributed by atoms with Crippen molar-refractivity contribution in [3.05, 3.63) is 40.4 Å². The van der Waals surface area contributed by atoms with E-state index in [1.165, 1.54) is 0 Å². The van der Waals surface area contributed by atoms with E-state index in [0.717, 1.165) is 5.56 Å². The largest absolute Gasteiger partial charge is 0.398 e. The fourth-order valence-corrected chi connectivity index (χ4v) is 1.39. The number of rotatable bonds is 4. The van der Waals surface area contributed by atoms with Gasteiger partial charge in [-0.1, -0.05) is 17.7 Å². The highest BCUT2D eigenvalue weighted by Gasteiger charge is 2.02. The van der Waals surface area contributed by atoms with Gasteiger partial charge >= 0.3 is 0 Å². The number of hydrogen-bond donors (Lipinski definition) is 2. The number of aliphatic imine (C=N–C) groups is 1. The van der Waals surface area contributed by atoms with Gasteiger partial charge in [-0.2, -0.15) is 5.26 Å². The molecule has 0 heterocycles. The van der Waals surface area contributed by atoms with Crippen LogP contribution in [0.3, 0.4) is 0 Å². The number of nitrogens with two attached hydrogens (primary N) is 2. The van der Waals surface area contributed by atoms with Crippen molar-refractivity contribution >= 4 is 23.5 Å². The summed E-state index contributed by atoms with van der Waals surface area (Å²) in [4.78, 5) is 4.02. The first-order valence-electron chi connectivity index (χ1n) is 5.38. The molecule has 1 aromatic rings. The molecule has 0 bridgehead atoms. The smallest absolute Gasteiger partial charge is 0.101 e. The average Bonchev–Trinajstić information content (AvgIpc) is 2.45. The van der Waals surface area contributed by atoms with Gasteiger partial charge in [0, 0.05) is 18.5 Å². The summed E-state index contributed by atoms with van der Waals surface area (Å²) in [7, 11) is 0. The molecule has 0 radical (unpaired) electrons. The predicted octanol–water partition coefficient (Wildman–Crippen LogP) is 1.79. The third-order valence-corrected chi connectivity index (χ3v) is 2.35. The lowest BCUT2D eigenvalue weighted by atomic mass is 10.1. The van der Waals surface area contributed by atoms with E-state index in [1.54, 1.807) is 30.5 Å². The molecule has 1 rings (SSSR count). The second kappa shape index (κ2) is 9.73. The van der Waals surface area contributed by atoms with Crippen LogP contribution in [0.25, 0.3) is 5.70 Å². The molecule has 1 aromatic carbocycles. The molecule has 0 amide bonds. The highest BCUT2D eigenvalue weighted by atomic mass is 35.5. The Morgan fingerprint density at radius 3 is 2.68 bits per heavy atom. The van der Waals surface area contributed by atoms with Gasteiger partial charge in [0.05, 0.1) is 17.1 Å². The van der Waals surface area contributed by atoms with Gasteiger partial charge in [-0.15, -0.1) is 12.8 Å². The van der Waals surface area contributed by atoms with Gasteiger partial charge in [-0.3, -0.25) is 4.99 Å². The minimum atomic E-state index is 0.389. The lowest BCUT2D eigenvalue weighted by molar-refractivity contribution is 0.981. The second-order valence-electron chi connectivity index (χ2n) is 3.27. The van der Waals surface area contributed by atoms with E-state index >= 15 is 0 Å². The van der Waals surface area contributed by atoms with Crippen LogP contribution >= 0.6 is 11.6 Å². The average molecular weight is 275 g/mol. The number of benzene rings is 1. The molecule has 0 aliphatic rings. The van der Waals surface area contributed by atoms with Crippen molar-refractivity contribution in [1.29, 1.82) is 5.26 Å². The van der Waals surface area contributed by atoms with Crippen LogP contribution in [-0.2, 0) is 0 Å². The molecule has 0 aliphatic heterocycles. The number of hydrogen-bond acceptors (Lipinski definition) is 4. The van der Waals surface area contributed by atoms with E-state index in [-0.39, 0.29) is 0 Å². The third-order valence-electron chi connectivity index (χ3n) is 2.04. The van der Waals surface area contributed by atoms with Crippen molar-refractivity contribution < 1.29 is 0 Å². The fraction of sp³-hybridized carbons (Fsp3) is 0.143. The molecular formula is C14H15ClN4. The molecule has 0 aromatic heterocycles.